The zero-order valence-corrected chi connectivity index (χ0v) is 21.9. The number of aliphatic hydroxyl groups excluding tert-OH is 1. The molecule has 13 heteroatoms. The van der Waals surface area contributed by atoms with Gasteiger partial charge >= 0.3 is 0 Å². The Bertz CT molecular complexity index is 1680. The number of pyridine rings is 1. The zero-order valence-electron chi connectivity index (χ0n) is 21.1. The van der Waals surface area contributed by atoms with Gasteiger partial charge in [0.1, 0.15) is 34.3 Å². The van der Waals surface area contributed by atoms with Gasteiger partial charge in [-0.25, -0.2) is 12.9 Å². The molecule has 0 saturated carbocycles. The second kappa shape index (κ2) is 9.84. The molecule has 0 radical (unpaired) electrons. The van der Waals surface area contributed by atoms with E-state index in [9.17, 15) is 13.5 Å². The molecule has 0 fully saturated rings. The first-order valence-electron chi connectivity index (χ1n) is 11.6. The Kier molecular flexibility index (Phi) is 6.55. The Morgan fingerprint density at radius 3 is 2.37 bits per heavy atom. The molecule has 0 aliphatic rings. The van der Waals surface area contributed by atoms with Crippen LogP contribution in [0.1, 0.15) is 24.5 Å². The van der Waals surface area contributed by atoms with Crippen molar-refractivity contribution < 1.29 is 27.4 Å². The molecule has 38 heavy (non-hydrogen) atoms. The van der Waals surface area contributed by atoms with Gasteiger partial charge in [-0.3, -0.25) is 9.29 Å². The lowest BCUT2D eigenvalue weighted by Crippen LogP contribution is -2.32. The van der Waals surface area contributed by atoms with Gasteiger partial charge in [0.15, 0.2) is 5.76 Å². The maximum Gasteiger partial charge on any atom is 0.243 e. The molecule has 198 valence electrons. The van der Waals surface area contributed by atoms with E-state index in [1.165, 1.54) is 30.2 Å². The van der Waals surface area contributed by atoms with Crippen molar-refractivity contribution in [1.82, 2.24) is 24.4 Å². The second-order valence-corrected chi connectivity index (χ2v) is 10.6. The van der Waals surface area contributed by atoms with Gasteiger partial charge in [0.25, 0.3) is 0 Å². The van der Waals surface area contributed by atoms with E-state index in [4.69, 9.17) is 13.9 Å². The molecule has 0 aliphatic carbocycles. The van der Waals surface area contributed by atoms with E-state index in [0.717, 1.165) is 5.52 Å². The van der Waals surface area contributed by atoms with Crippen molar-refractivity contribution in [2.75, 3.05) is 18.9 Å². The number of aryl methyl sites for hydroxylation is 1. The molecule has 2 N–H and O–H groups in total. The fraction of sp³-hybridized carbons (Fsp3) is 0.240. The summed E-state index contributed by atoms with van der Waals surface area (Å²) in [5.74, 6) is 1.82. The van der Waals surface area contributed by atoms with Crippen LogP contribution in [0.3, 0.4) is 0 Å². The summed E-state index contributed by atoms with van der Waals surface area (Å²) < 4.78 is 49.4. The first-order chi connectivity index (χ1) is 18.2. The normalized spacial score (nSPS) is 13.4. The van der Waals surface area contributed by atoms with E-state index < -0.39 is 21.4 Å². The topological polar surface area (TPSA) is 146 Å². The van der Waals surface area contributed by atoms with Crippen LogP contribution >= 0.6 is 0 Å². The molecular formula is C25H26N6O6S. The SMILES string of the molecule is COc1cccc(OC)c1-n1c(NS(=O)(=O)C(C)C(O)c2cccc3ccnn23)nnc1-c1ccc(C)o1. The van der Waals surface area contributed by atoms with Gasteiger partial charge in [0.2, 0.25) is 21.8 Å². The smallest absolute Gasteiger partial charge is 0.243 e. The third-order valence-electron chi connectivity index (χ3n) is 6.17. The number of anilines is 1. The zero-order chi connectivity index (χ0) is 27.0. The van der Waals surface area contributed by atoms with Gasteiger partial charge in [-0.2, -0.15) is 5.10 Å². The molecule has 0 aliphatic heterocycles. The first-order valence-corrected chi connectivity index (χ1v) is 13.2. The Hall–Kier alpha value is -4.36. The van der Waals surface area contributed by atoms with Crippen molar-refractivity contribution in [3.63, 3.8) is 0 Å². The number of rotatable bonds is 9. The van der Waals surface area contributed by atoms with Gasteiger partial charge in [-0.05, 0) is 56.3 Å². The third-order valence-corrected chi connectivity index (χ3v) is 7.87. The molecule has 0 bridgehead atoms. The van der Waals surface area contributed by atoms with Crippen LogP contribution in [0.15, 0.2) is 65.2 Å². The van der Waals surface area contributed by atoms with Crippen molar-refractivity contribution in [3.05, 3.63) is 72.2 Å². The van der Waals surface area contributed by atoms with Crippen molar-refractivity contribution in [2.45, 2.75) is 25.2 Å². The quantitative estimate of drug-likeness (QED) is 0.288. The highest BCUT2D eigenvalue weighted by Gasteiger charge is 2.34. The monoisotopic (exact) mass is 538 g/mol. The third kappa shape index (κ3) is 4.35. The van der Waals surface area contributed by atoms with Crippen LogP contribution in [-0.2, 0) is 10.0 Å². The van der Waals surface area contributed by atoms with E-state index in [1.807, 2.05) is 6.07 Å². The number of aromatic nitrogens is 5. The minimum atomic E-state index is -4.22. The molecule has 12 nitrogen and oxygen atoms in total. The molecule has 2 atom stereocenters. The number of furan rings is 1. The average molecular weight is 539 g/mol. The number of hydrogen-bond acceptors (Lipinski definition) is 9. The number of nitrogens with zero attached hydrogens (tertiary/aromatic N) is 5. The van der Waals surface area contributed by atoms with Crippen LogP contribution in [-0.4, -0.2) is 57.4 Å². The average Bonchev–Trinajstić information content (AvgIpc) is 3.66. The number of sulfonamides is 1. The molecule has 2 unspecified atom stereocenters. The maximum atomic E-state index is 13.6. The number of aliphatic hydroxyl groups is 1. The summed E-state index contributed by atoms with van der Waals surface area (Å²) in [5.41, 5.74) is 1.41. The molecule has 0 amide bonds. The minimum absolute atomic E-state index is 0.145. The van der Waals surface area contributed by atoms with Gasteiger partial charge in [-0.1, -0.05) is 12.1 Å². The number of methoxy groups -OCH3 is 2. The number of para-hydroxylation sites is 1. The summed E-state index contributed by atoms with van der Waals surface area (Å²) in [6.07, 6.45) is 0.171. The maximum absolute atomic E-state index is 13.6. The summed E-state index contributed by atoms with van der Waals surface area (Å²) in [7, 11) is -1.26. The highest BCUT2D eigenvalue weighted by molar-refractivity contribution is 7.93. The molecule has 0 saturated heterocycles. The lowest BCUT2D eigenvalue weighted by molar-refractivity contribution is 0.168. The summed E-state index contributed by atoms with van der Waals surface area (Å²) in [6, 6.07) is 15.5. The molecule has 4 aromatic heterocycles. The van der Waals surface area contributed by atoms with Crippen molar-refractivity contribution in [2.24, 2.45) is 0 Å². The fourth-order valence-corrected chi connectivity index (χ4v) is 5.21. The summed E-state index contributed by atoms with van der Waals surface area (Å²) in [4.78, 5) is 0. The molecule has 5 rings (SSSR count). The second-order valence-electron chi connectivity index (χ2n) is 8.52. The largest absolute Gasteiger partial charge is 0.494 e. The molecular weight excluding hydrogens is 512 g/mol. The van der Waals surface area contributed by atoms with E-state index in [1.54, 1.807) is 61.7 Å². The molecule has 4 heterocycles. The predicted molar refractivity (Wildman–Crippen MR) is 139 cm³/mol. The van der Waals surface area contributed by atoms with Crippen molar-refractivity contribution in [3.8, 4) is 28.8 Å². The van der Waals surface area contributed by atoms with Crippen LogP contribution in [0.5, 0.6) is 11.5 Å². The van der Waals surface area contributed by atoms with E-state index in [-0.39, 0.29) is 11.8 Å². The first kappa shape index (κ1) is 25.3. The van der Waals surface area contributed by atoms with Crippen LogP contribution in [0.2, 0.25) is 0 Å². The Balaban J connectivity index is 1.60. The van der Waals surface area contributed by atoms with E-state index in [0.29, 0.717) is 34.4 Å². The molecule has 5 aromatic rings. The Morgan fingerprint density at radius 1 is 1.00 bits per heavy atom. The predicted octanol–water partition coefficient (Wildman–Crippen LogP) is 3.36. The Labute approximate surface area is 218 Å². The lowest BCUT2D eigenvalue weighted by atomic mass is 10.2. The van der Waals surface area contributed by atoms with Crippen LogP contribution < -0.4 is 14.2 Å². The summed E-state index contributed by atoms with van der Waals surface area (Å²) in [6.45, 7) is 3.18. The summed E-state index contributed by atoms with van der Waals surface area (Å²) >= 11 is 0. The van der Waals surface area contributed by atoms with Crippen molar-refractivity contribution >= 4 is 21.5 Å². The highest BCUT2D eigenvalue weighted by Crippen LogP contribution is 2.38. The highest BCUT2D eigenvalue weighted by atomic mass is 32.2. The summed E-state index contributed by atoms with van der Waals surface area (Å²) in [5, 5.41) is 22.3. The lowest BCUT2D eigenvalue weighted by Gasteiger charge is -2.22. The fourth-order valence-electron chi connectivity index (χ4n) is 4.15. The number of fused-ring (bicyclic) bond motifs is 1. The van der Waals surface area contributed by atoms with E-state index in [2.05, 4.69) is 20.0 Å². The standard InChI is InChI=1S/C25H26N6O6S/c1-15-11-12-21(37-15)24-27-28-25(30(24)22-19(35-3)9-6-10-20(22)36-4)29-38(33,34)16(2)23(32)18-8-5-7-17-13-14-26-31(17)18/h5-14,16,23,32H,1-4H3,(H,28,29). The van der Waals surface area contributed by atoms with Crippen LogP contribution in [0.25, 0.3) is 22.8 Å². The number of ether oxygens (including phenoxy) is 2. The van der Waals surface area contributed by atoms with Gasteiger partial charge in [0, 0.05) is 6.20 Å². The van der Waals surface area contributed by atoms with Gasteiger partial charge < -0.3 is 19.0 Å². The van der Waals surface area contributed by atoms with Crippen LogP contribution in [0.4, 0.5) is 5.95 Å². The minimum Gasteiger partial charge on any atom is -0.494 e. The number of hydrogen-bond donors (Lipinski definition) is 2. The van der Waals surface area contributed by atoms with E-state index >= 15 is 0 Å². The Morgan fingerprint density at radius 2 is 1.71 bits per heavy atom. The van der Waals surface area contributed by atoms with Gasteiger partial charge in [0.05, 0.1) is 25.4 Å². The van der Waals surface area contributed by atoms with Crippen molar-refractivity contribution in [1.29, 1.82) is 0 Å². The number of benzene rings is 1. The van der Waals surface area contributed by atoms with Gasteiger partial charge in [-0.15, -0.1) is 10.2 Å². The molecule has 1 aromatic carbocycles. The van der Waals surface area contributed by atoms with Crippen LogP contribution in [0, 0.1) is 6.92 Å². The number of nitrogens with one attached hydrogen (secondary N) is 1. The molecule has 0 spiro atoms.